The van der Waals surface area contributed by atoms with E-state index in [1.807, 2.05) is 0 Å². The summed E-state index contributed by atoms with van der Waals surface area (Å²) in [6.45, 7) is 0. The van der Waals surface area contributed by atoms with Crippen molar-refractivity contribution >= 4 is 22.9 Å². The van der Waals surface area contributed by atoms with Crippen LogP contribution in [0.3, 0.4) is 0 Å². The highest BCUT2D eigenvalue weighted by atomic mass is 19.1. The molecular formula is C15H13FN6O. The number of nitrogens with zero attached hydrogens (tertiary/aromatic N) is 4. The molecule has 3 N–H and O–H groups in total. The Balaban J connectivity index is 1.84. The first-order valence-corrected chi connectivity index (χ1v) is 6.68. The summed E-state index contributed by atoms with van der Waals surface area (Å²) in [6.07, 6.45) is 3.27. The number of nitrogens with one attached hydrogen (secondary N) is 1. The molecule has 0 atom stereocenters. The number of pyridine rings is 1. The first kappa shape index (κ1) is 14.6. The van der Waals surface area contributed by atoms with Crippen LogP contribution in [0.1, 0.15) is 5.56 Å². The van der Waals surface area contributed by atoms with Crippen LogP contribution in [-0.2, 0) is 0 Å². The van der Waals surface area contributed by atoms with E-state index in [0.29, 0.717) is 17.1 Å². The van der Waals surface area contributed by atoms with Crippen molar-refractivity contribution in [2.75, 3.05) is 12.5 Å². The molecule has 2 aromatic rings. The summed E-state index contributed by atoms with van der Waals surface area (Å²) < 4.78 is 18.5. The number of hydrazone groups is 1. The lowest BCUT2D eigenvalue weighted by Crippen LogP contribution is -2.28. The highest BCUT2D eigenvalue weighted by Gasteiger charge is 2.21. The van der Waals surface area contributed by atoms with Crippen LogP contribution < -0.4 is 15.9 Å². The molecule has 1 aliphatic heterocycles. The third-order valence-electron chi connectivity index (χ3n) is 3.13. The molecule has 1 aliphatic rings. The first-order chi connectivity index (χ1) is 11.2. The van der Waals surface area contributed by atoms with Gasteiger partial charge in [0.1, 0.15) is 5.71 Å². The quantitative estimate of drug-likeness (QED) is 0.841. The topological polar surface area (TPSA) is 97.2 Å². The summed E-state index contributed by atoms with van der Waals surface area (Å²) in [5, 5.41) is 12.0. The predicted octanol–water partition coefficient (Wildman–Crippen LogP) is 1.77. The number of anilines is 1. The van der Waals surface area contributed by atoms with Crippen molar-refractivity contribution in [3.8, 4) is 5.75 Å². The Hall–Kier alpha value is -3.29. The van der Waals surface area contributed by atoms with Crippen LogP contribution in [0.5, 0.6) is 5.75 Å². The summed E-state index contributed by atoms with van der Waals surface area (Å²) in [4.78, 5) is 3.95. The molecule has 1 aromatic carbocycles. The van der Waals surface area contributed by atoms with Crippen LogP contribution in [0, 0.1) is 5.82 Å². The van der Waals surface area contributed by atoms with E-state index in [1.165, 1.54) is 19.2 Å². The number of hydrogen-bond acceptors (Lipinski definition) is 7. The molecule has 3 rings (SSSR count). The van der Waals surface area contributed by atoms with E-state index in [0.717, 1.165) is 5.56 Å². The maximum Gasteiger partial charge on any atom is 0.176 e. The minimum absolute atomic E-state index is 0.157. The van der Waals surface area contributed by atoms with Gasteiger partial charge in [-0.25, -0.2) is 4.39 Å². The Bertz CT molecular complexity index is 816. The van der Waals surface area contributed by atoms with E-state index < -0.39 is 5.82 Å². The number of aromatic nitrogens is 1. The molecule has 0 spiro atoms. The molecular weight excluding hydrogens is 299 g/mol. The minimum Gasteiger partial charge on any atom is -0.494 e. The summed E-state index contributed by atoms with van der Waals surface area (Å²) in [6, 6.07) is 7.96. The van der Waals surface area contributed by atoms with Gasteiger partial charge in [-0.15, -0.1) is 10.2 Å². The third kappa shape index (κ3) is 3.00. The highest BCUT2D eigenvalue weighted by molar-refractivity contribution is 6.72. The van der Waals surface area contributed by atoms with Crippen molar-refractivity contribution in [3.05, 3.63) is 54.1 Å². The van der Waals surface area contributed by atoms with Gasteiger partial charge in [-0.1, -0.05) is 0 Å². The van der Waals surface area contributed by atoms with Crippen LogP contribution in [0.15, 0.2) is 58.0 Å². The molecule has 1 aromatic heterocycles. The summed E-state index contributed by atoms with van der Waals surface area (Å²) in [5.74, 6) is -0.156. The van der Waals surface area contributed by atoms with Gasteiger partial charge >= 0.3 is 0 Å². The Morgan fingerprint density at radius 2 is 1.96 bits per heavy atom. The zero-order valence-corrected chi connectivity index (χ0v) is 12.2. The number of ether oxygens (including phenoxy) is 1. The fourth-order valence-corrected chi connectivity index (χ4v) is 1.99. The van der Waals surface area contributed by atoms with Crippen LogP contribution in [0.2, 0.25) is 0 Å². The molecule has 8 heteroatoms. The van der Waals surface area contributed by atoms with Crippen LogP contribution >= 0.6 is 0 Å². The van der Waals surface area contributed by atoms with Gasteiger partial charge in [-0.2, -0.15) is 5.10 Å². The SMILES string of the molecule is COc1ccc(N/N=C2/C(N)=NN=C2c2ccncc2)cc1F. The molecule has 0 fully saturated rings. The Labute approximate surface area is 131 Å². The largest absolute Gasteiger partial charge is 0.494 e. The van der Waals surface area contributed by atoms with E-state index in [4.69, 9.17) is 10.5 Å². The molecule has 116 valence electrons. The van der Waals surface area contributed by atoms with E-state index in [2.05, 4.69) is 25.7 Å². The molecule has 0 saturated heterocycles. The van der Waals surface area contributed by atoms with E-state index in [1.54, 1.807) is 30.6 Å². The number of methoxy groups -OCH3 is 1. The zero-order valence-electron chi connectivity index (χ0n) is 12.2. The summed E-state index contributed by atoms with van der Waals surface area (Å²) in [7, 11) is 1.40. The molecule has 0 aliphatic carbocycles. The van der Waals surface area contributed by atoms with Gasteiger partial charge < -0.3 is 10.5 Å². The number of halogens is 1. The maximum absolute atomic E-state index is 13.7. The molecule has 23 heavy (non-hydrogen) atoms. The van der Waals surface area contributed by atoms with E-state index >= 15 is 0 Å². The second-order valence-corrected chi connectivity index (χ2v) is 4.59. The van der Waals surface area contributed by atoms with Crippen molar-refractivity contribution in [2.45, 2.75) is 0 Å². The predicted molar refractivity (Wildman–Crippen MR) is 86.4 cm³/mol. The smallest absolute Gasteiger partial charge is 0.176 e. The highest BCUT2D eigenvalue weighted by Crippen LogP contribution is 2.20. The molecule has 0 saturated carbocycles. The lowest BCUT2D eigenvalue weighted by Gasteiger charge is -2.06. The van der Waals surface area contributed by atoms with Crippen LogP contribution in [-0.4, -0.2) is 29.4 Å². The van der Waals surface area contributed by atoms with Gasteiger partial charge in [0.25, 0.3) is 0 Å². The maximum atomic E-state index is 13.7. The molecule has 2 heterocycles. The van der Waals surface area contributed by atoms with Crippen molar-refractivity contribution in [2.24, 2.45) is 21.0 Å². The standard InChI is InChI=1S/C15H13FN6O/c1-23-12-3-2-10(8-11(12)16)19-21-14-13(20-22-15(14)17)9-4-6-18-7-5-9/h2-8,19H,1H3,(H2,17,21,22). The second kappa shape index (κ2) is 6.22. The lowest BCUT2D eigenvalue weighted by molar-refractivity contribution is 0.386. The second-order valence-electron chi connectivity index (χ2n) is 4.59. The number of hydrogen-bond donors (Lipinski definition) is 2. The van der Waals surface area contributed by atoms with Gasteiger partial charge in [0.05, 0.1) is 12.8 Å². The van der Waals surface area contributed by atoms with Crippen molar-refractivity contribution < 1.29 is 9.13 Å². The normalized spacial score (nSPS) is 15.3. The van der Waals surface area contributed by atoms with Crippen molar-refractivity contribution in [1.29, 1.82) is 0 Å². The molecule has 0 bridgehead atoms. The molecule has 0 unspecified atom stereocenters. The molecule has 7 nitrogen and oxygen atoms in total. The van der Waals surface area contributed by atoms with Crippen LogP contribution in [0.25, 0.3) is 0 Å². The van der Waals surface area contributed by atoms with Crippen LogP contribution in [0.4, 0.5) is 10.1 Å². The fourth-order valence-electron chi connectivity index (χ4n) is 1.99. The Morgan fingerprint density at radius 3 is 2.65 bits per heavy atom. The van der Waals surface area contributed by atoms with Gasteiger partial charge in [0.2, 0.25) is 0 Å². The summed E-state index contributed by atoms with van der Waals surface area (Å²) >= 11 is 0. The van der Waals surface area contributed by atoms with Gasteiger partial charge in [-0.3, -0.25) is 10.4 Å². The van der Waals surface area contributed by atoms with Crippen molar-refractivity contribution in [3.63, 3.8) is 0 Å². The lowest BCUT2D eigenvalue weighted by atomic mass is 10.1. The van der Waals surface area contributed by atoms with E-state index in [9.17, 15) is 4.39 Å². The minimum atomic E-state index is -0.492. The van der Waals surface area contributed by atoms with Crippen molar-refractivity contribution in [1.82, 2.24) is 4.98 Å². The number of rotatable bonds is 4. The van der Waals surface area contributed by atoms with E-state index in [-0.39, 0.29) is 11.6 Å². The average molecular weight is 312 g/mol. The third-order valence-corrected chi connectivity index (χ3v) is 3.13. The Kier molecular flexibility index (Phi) is 3.96. The Morgan fingerprint density at radius 1 is 1.17 bits per heavy atom. The molecule has 0 radical (unpaired) electrons. The van der Waals surface area contributed by atoms with Gasteiger partial charge in [0, 0.05) is 24.0 Å². The average Bonchev–Trinajstić information content (AvgIpc) is 2.94. The fraction of sp³-hybridized carbons (Fsp3) is 0.0667. The molecule has 0 amide bonds. The first-order valence-electron chi connectivity index (χ1n) is 6.68. The zero-order chi connectivity index (χ0) is 16.2. The number of amidine groups is 1. The monoisotopic (exact) mass is 312 g/mol. The number of nitrogens with two attached hydrogens (primary N) is 1. The van der Waals surface area contributed by atoms with Gasteiger partial charge in [0.15, 0.2) is 23.1 Å². The summed E-state index contributed by atoms with van der Waals surface area (Å²) in [5.41, 5.74) is 10.7. The number of benzene rings is 1. The van der Waals surface area contributed by atoms with Gasteiger partial charge in [-0.05, 0) is 24.3 Å².